The minimum atomic E-state index is -3.64. The first kappa shape index (κ1) is 41.4. The van der Waals surface area contributed by atoms with Crippen LogP contribution in [0.25, 0.3) is 0 Å². The van der Waals surface area contributed by atoms with Crippen molar-refractivity contribution in [2.75, 3.05) is 67.3 Å². The number of methoxy groups -OCH3 is 1. The van der Waals surface area contributed by atoms with Gasteiger partial charge in [-0.25, -0.2) is 9.37 Å². The molecule has 3 fully saturated rings. The predicted octanol–water partition coefficient (Wildman–Crippen LogP) is 3.44. The Kier molecular flexibility index (Phi) is 11.3. The molecule has 1 aromatic heterocycles. The summed E-state index contributed by atoms with van der Waals surface area (Å²) < 4.78 is 51.2. The van der Waals surface area contributed by atoms with Crippen molar-refractivity contribution in [3.05, 3.63) is 59.0 Å². The summed E-state index contributed by atoms with van der Waals surface area (Å²) in [6.07, 6.45) is 5.59. The molecule has 2 aromatic carbocycles. The molecule has 61 heavy (non-hydrogen) atoms. The number of nitrogens with one attached hydrogen (secondary N) is 4. The Labute approximate surface area is 348 Å². The summed E-state index contributed by atoms with van der Waals surface area (Å²) in [5, 5.41) is 11.3. The fourth-order valence-electron chi connectivity index (χ4n) is 8.79. The lowest BCUT2D eigenvalue weighted by Gasteiger charge is -2.32. The number of piperidine rings is 2. The van der Waals surface area contributed by atoms with Crippen molar-refractivity contribution in [3.63, 3.8) is 0 Å². The normalized spacial score (nSPS) is 21.0. The number of aromatic nitrogens is 2. The maximum Gasteiger partial charge on any atom is 0.342 e. The Bertz CT molecular complexity index is 2300. The number of benzene rings is 2. The second kappa shape index (κ2) is 16.6. The monoisotopic (exact) mass is 846 g/mol. The number of alkyl halides is 2. The number of carbonyl (C=O) groups excluding carboxylic acids is 6. The van der Waals surface area contributed by atoms with Gasteiger partial charge in [0.25, 0.3) is 23.6 Å². The fraction of sp³-hybridized carbons (Fsp3) is 0.463. The number of anilines is 5. The van der Waals surface area contributed by atoms with E-state index in [-0.39, 0.29) is 70.5 Å². The van der Waals surface area contributed by atoms with Gasteiger partial charge in [0, 0.05) is 63.5 Å². The molecule has 0 radical (unpaired) electrons. The highest BCUT2D eigenvalue weighted by Crippen LogP contribution is 2.40. The highest BCUT2D eigenvalue weighted by molar-refractivity contribution is 6.25. The molecule has 1 saturated carbocycles. The van der Waals surface area contributed by atoms with E-state index in [4.69, 9.17) is 4.74 Å². The maximum absolute atomic E-state index is 15.6. The summed E-state index contributed by atoms with van der Waals surface area (Å²) in [4.78, 5) is 90.9. The summed E-state index contributed by atoms with van der Waals surface area (Å²) in [7, 11) is 2.61. The molecule has 1 unspecified atom stereocenters. The third-order valence-electron chi connectivity index (χ3n) is 12.1. The van der Waals surface area contributed by atoms with E-state index in [1.54, 1.807) is 12.1 Å². The summed E-state index contributed by atoms with van der Waals surface area (Å²) in [6.45, 7) is 1.42. The standard InChI is InChI=1S/C41H45F3N10O7/c1-51-30-20-46-40(50-34(30)53(23-6-3-4-7-23)21-41(43,44)39(51)60)48-28-19-26(42)25(18-31(28)61-2)35(56)47-22-12-15-52(16-13-22)17-14-45-27-9-5-8-24-33(27)38(59)54(37(24)58)29-10-11-32(55)49-36(29)57/h5,8-9,18-20,22-23,29,45H,3-4,6-7,10-17,21H2,1-2H3,(H,47,56)(H,46,48,50)(H,49,55,57). The Morgan fingerprint density at radius 2 is 1.75 bits per heavy atom. The largest absolute Gasteiger partial charge is 0.495 e. The van der Waals surface area contributed by atoms with Crippen LogP contribution >= 0.6 is 0 Å². The van der Waals surface area contributed by atoms with Crippen molar-refractivity contribution in [1.82, 2.24) is 30.4 Å². The number of hydrogen-bond acceptors (Lipinski definition) is 13. The molecule has 1 aliphatic carbocycles. The molecule has 8 rings (SSSR count). The van der Waals surface area contributed by atoms with Gasteiger partial charge in [0.2, 0.25) is 17.8 Å². The number of amides is 6. The van der Waals surface area contributed by atoms with Crippen LogP contribution < -0.4 is 35.8 Å². The van der Waals surface area contributed by atoms with Crippen LogP contribution in [0.5, 0.6) is 5.75 Å². The second-order valence-electron chi connectivity index (χ2n) is 15.9. The van der Waals surface area contributed by atoms with Crippen molar-refractivity contribution in [1.29, 1.82) is 0 Å². The Morgan fingerprint density at radius 3 is 2.48 bits per heavy atom. The molecular weight excluding hydrogens is 802 g/mol. The Hall–Kier alpha value is -6.31. The van der Waals surface area contributed by atoms with Crippen molar-refractivity contribution >= 4 is 64.3 Å². The molecule has 20 heteroatoms. The Balaban J connectivity index is 0.866. The van der Waals surface area contributed by atoms with Crippen molar-refractivity contribution in [2.45, 2.75) is 75.4 Å². The van der Waals surface area contributed by atoms with Crippen LogP contribution in [0.1, 0.15) is 82.4 Å². The van der Waals surface area contributed by atoms with Crippen molar-refractivity contribution in [2.24, 2.45) is 0 Å². The van der Waals surface area contributed by atoms with Gasteiger partial charge in [-0.3, -0.25) is 39.0 Å². The van der Waals surface area contributed by atoms with Crippen LogP contribution in [-0.4, -0.2) is 126 Å². The van der Waals surface area contributed by atoms with Crippen LogP contribution in [0.2, 0.25) is 0 Å². The molecule has 0 spiro atoms. The molecule has 5 aliphatic rings. The lowest BCUT2D eigenvalue weighted by molar-refractivity contribution is -0.140. The lowest BCUT2D eigenvalue weighted by atomic mass is 10.0. The summed E-state index contributed by atoms with van der Waals surface area (Å²) in [5.74, 6) is -8.55. The third-order valence-corrected chi connectivity index (χ3v) is 12.1. The number of halogens is 3. The van der Waals surface area contributed by atoms with Gasteiger partial charge < -0.3 is 35.4 Å². The molecule has 2 saturated heterocycles. The van der Waals surface area contributed by atoms with Gasteiger partial charge in [0.15, 0.2) is 5.82 Å². The van der Waals surface area contributed by atoms with Crippen LogP contribution in [0.3, 0.4) is 0 Å². The number of fused-ring (bicyclic) bond motifs is 2. The van der Waals surface area contributed by atoms with Gasteiger partial charge >= 0.3 is 5.92 Å². The first-order valence-electron chi connectivity index (χ1n) is 20.3. The summed E-state index contributed by atoms with van der Waals surface area (Å²) >= 11 is 0. The molecule has 17 nitrogen and oxygen atoms in total. The molecule has 6 amide bonds. The molecular formula is C41H45F3N10O7. The van der Waals surface area contributed by atoms with Crippen molar-refractivity contribution < 1.29 is 46.7 Å². The third kappa shape index (κ3) is 8.03. The molecule has 4 aliphatic heterocycles. The van der Waals surface area contributed by atoms with Crippen LogP contribution in [0, 0.1) is 5.82 Å². The molecule has 1 atom stereocenters. The zero-order valence-corrected chi connectivity index (χ0v) is 33.6. The summed E-state index contributed by atoms with van der Waals surface area (Å²) in [5.41, 5.74) is 0.802. The topological polar surface area (TPSA) is 199 Å². The first-order valence-corrected chi connectivity index (χ1v) is 20.3. The lowest BCUT2D eigenvalue weighted by Crippen LogP contribution is -2.54. The number of ether oxygens (including phenoxy) is 1. The van der Waals surface area contributed by atoms with E-state index in [0.717, 1.165) is 28.7 Å². The highest BCUT2D eigenvalue weighted by Gasteiger charge is 2.49. The van der Waals surface area contributed by atoms with E-state index in [0.29, 0.717) is 57.5 Å². The molecule has 4 N–H and O–H groups in total. The van der Waals surface area contributed by atoms with Crippen molar-refractivity contribution in [3.8, 4) is 5.75 Å². The van der Waals surface area contributed by atoms with Crippen LogP contribution in [-0.2, 0) is 14.4 Å². The van der Waals surface area contributed by atoms with E-state index >= 15 is 13.2 Å². The average Bonchev–Trinajstić information content (AvgIpc) is 3.85. The first-order chi connectivity index (χ1) is 29.2. The van der Waals surface area contributed by atoms with E-state index < -0.39 is 59.8 Å². The van der Waals surface area contributed by atoms with E-state index in [1.807, 2.05) is 0 Å². The quantitative estimate of drug-likeness (QED) is 0.205. The average molecular weight is 847 g/mol. The number of imide groups is 2. The van der Waals surface area contributed by atoms with Gasteiger partial charge in [-0.2, -0.15) is 13.8 Å². The fourth-order valence-corrected chi connectivity index (χ4v) is 8.79. The summed E-state index contributed by atoms with van der Waals surface area (Å²) in [6, 6.07) is 5.68. The van der Waals surface area contributed by atoms with Gasteiger partial charge in [-0.05, 0) is 50.3 Å². The van der Waals surface area contributed by atoms with Crippen LogP contribution in [0.15, 0.2) is 36.5 Å². The zero-order valence-electron chi connectivity index (χ0n) is 33.6. The molecule has 5 heterocycles. The minimum Gasteiger partial charge on any atom is -0.495 e. The smallest absolute Gasteiger partial charge is 0.342 e. The van der Waals surface area contributed by atoms with Gasteiger partial charge in [0.1, 0.15) is 23.3 Å². The zero-order chi connectivity index (χ0) is 43.2. The number of carbonyl (C=O) groups is 6. The Morgan fingerprint density at radius 1 is 1.00 bits per heavy atom. The maximum atomic E-state index is 15.6. The number of likely N-dealkylation sites (tertiary alicyclic amines) is 1. The number of rotatable bonds is 11. The number of nitrogens with zero attached hydrogens (tertiary/aromatic N) is 6. The van der Waals surface area contributed by atoms with Gasteiger partial charge in [0.05, 0.1) is 42.2 Å². The van der Waals surface area contributed by atoms with E-state index in [2.05, 4.69) is 36.1 Å². The van der Waals surface area contributed by atoms with Gasteiger partial charge in [-0.15, -0.1) is 0 Å². The van der Waals surface area contributed by atoms with E-state index in [9.17, 15) is 28.8 Å². The van der Waals surface area contributed by atoms with Crippen LogP contribution in [0.4, 0.5) is 42.0 Å². The predicted molar refractivity (Wildman–Crippen MR) is 215 cm³/mol. The molecule has 322 valence electrons. The van der Waals surface area contributed by atoms with Gasteiger partial charge in [-0.1, -0.05) is 18.9 Å². The minimum absolute atomic E-state index is 0.0283. The molecule has 3 aromatic rings. The second-order valence-corrected chi connectivity index (χ2v) is 15.9. The van der Waals surface area contributed by atoms with E-state index in [1.165, 1.54) is 37.4 Å². The molecule has 0 bridgehead atoms. The SMILES string of the molecule is COc1cc(C(=O)NC2CCN(CCNc3cccc4c3C(=O)N(C3CCC(=O)NC3=O)C4=O)CC2)c(F)cc1Nc1ncc2c(n1)N(C1CCCC1)CC(F)(F)C(=O)N2C. The highest BCUT2D eigenvalue weighted by atomic mass is 19.3. The number of hydrogen-bond donors (Lipinski definition) is 4.